The Bertz CT molecular complexity index is 891. The van der Waals surface area contributed by atoms with Crippen LogP contribution in [-0.4, -0.2) is 48.5 Å². The molecule has 174 valence electrons. The number of nitrogens with one attached hydrogen (secondary N) is 1. The quantitative estimate of drug-likeness (QED) is 0.295. The molecular formula is C23H32IN5O3. The van der Waals surface area contributed by atoms with E-state index >= 15 is 0 Å². The number of ether oxygens (including phenoxy) is 2. The van der Waals surface area contributed by atoms with Crippen LogP contribution in [0.25, 0.3) is 0 Å². The SMILES string of the molecule is CCOc1ccccc1Oc1ccc(CNC(=NC)N2CCCC(CC(N)=O)C2)cn1.I. The number of halogens is 1. The van der Waals surface area contributed by atoms with Crippen molar-refractivity contribution in [1.29, 1.82) is 0 Å². The van der Waals surface area contributed by atoms with E-state index in [-0.39, 0.29) is 35.8 Å². The van der Waals surface area contributed by atoms with E-state index < -0.39 is 0 Å². The minimum absolute atomic E-state index is 0. The number of nitrogens with two attached hydrogens (primary N) is 1. The van der Waals surface area contributed by atoms with Gasteiger partial charge in [0, 0.05) is 45.4 Å². The second-order valence-electron chi connectivity index (χ2n) is 7.51. The highest BCUT2D eigenvalue weighted by molar-refractivity contribution is 14.0. The summed E-state index contributed by atoms with van der Waals surface area (Å²) in [6.45, 7) is 4.80. The highest BCUT2D eigenvalue weighted by atomic mass is 127. The van der Waals surface area contributed by atoms with E-state index in [1.165, 1.54) is 0 Å². The summed E-state index contributed by atoms with van der Waals surface area (Å²) in [7, 11) is 1.77. The number of carbonyl (C=O) groups excluding carboxylic acids is 1. The Labute approximate surface area is 206 Å². The van der Waals surface area contributed by atoms with E-state index in [0.717, 1.165) is 37.5 Å². The van der Waals surface area contributed by atoms with Crippen LogP contribution in [0.4, 0.5) is 0 Å². The van der Waals surface area contributed by atoms with Crippen LogP contribution in [0.5, 0.6) is 17.4 Å². The van der Waals surface area contributed by atoms with Crippen LogP contribution >= 0.6 is 24.0 Å². The first kappa shape index (κ1) is 25.7. The standard InChI is InChI=1S/C23H31N5O3.HI/c1-3-30-19-8-4-5-9-20(19)31-22-11-10-18(14-26-22)15-27-23(25-2)28-12-6-7-17(16-28)13-21(24)29;/h4-5,8-11,14,17H,3,6-7,12-13,15-16H2,1-2H3,(H2,24,29)(H,25,27);1H. The third kappa shape index (κ3) is 7.54. The summed E-state index contributed by atoms with van der Waals surface area (Å²) in [6.07, 6.45) is 4.25. The molecule has 0 spiro atoms. The summed E-state index contributed by atoms with van der Waals surface area (Å²) >= 11 is 0. The number of guanidine groups is 1. The molecule has 1 amide bonds. The van der Waals surface area contributed by atoms with Gasteiger partial charge in [-0.05, 0) is 43.4 Å². The summed E-state index contributed by atoms with van der Waals surface area (Å²) in [4.78, 5) is 22.3. The second-order valence-corrected chi connectivity index (χ2v) is 7.51. The fraction of sp³-hybridized carbons (Fsp3) is 0.435. The number of aromatic nitrogens is 1. The van der Waals surface area contributed by atoms with Gasteiger partial charge >= 0.3 is 0 Å². The van der Waals surface area contributed by atoms with Gasteiger partial charge in [0.1, 0.15) is 0 Å². The van der Waals surface area contributed by atoms with Gasteiger partial charge in [-0.1, -0.05) is 18.2 Å². The summed E-state index contributed by atoms with van der Waals surface area (Å²) in [6, 6.07) is 11.3. The van der Waals surface area contributed by atoms with Crippen molar-refractivity contribution in [3.8, 4) is 17.4 Å². The molecule has 1 atom stereocenters. The number of piperidine rings is 1. The maximum atomic E-state index is 11.3. The van der Waals surface area contributed by atoms with E-state index in [0.29, 0.717) is 37.0 Å². The Kier molecular flexibility index (Phi) is 10.5. The van der Waals surface area contributed by atoms with E-state index in [1.54, 1.807) is 13.2 Å². The lowest BCUT2D eigenvalue weighted by Gasteiger charge is -2.34. The Morgan fingerprint density at radius 1 is 1.28 bits per heavy atom. The van der Waals surface area contributed by atoms with Gasteiger partial charge in [0.05, 0.1) is 6.61 Å². The van der Waals surface area contributed by atoms with E-state index in [2.05, 4.69) is 20.2 Å². The zero-order valence-electron chi connectivity index (χ0n) is 18.6. The van der Waals surface area contributed by atoms with E-state index in [9.17, 15) is 4.79 Å². The number of para-hydroxylation sites is 2. The average molecular weight is 553 g/mol. The second kappa shape index (κ2) is 13.1. The molecule has 2 heterocycles. The number of aliphatic imine (C=N–C) groups is 1. The summed E-state index contributed by atoms with van der Waals surface area (Å²) < 4.78 is 11.5. The van der Waals surface area contributed by atoms with Crippen LogP contribution in [0, 0.1) is 5.92 Å². The van der Waals surface area contributed by atoms with Crippen molar-refractivity contribution in [3.05, 3.63) is 48.2 Å². The number of nitrogens with zero attached hydrogens (tertiary/aromatic N) is 3. The summed E-state index contributed by atoms with van der Waals surface area (Å²) in [5.74, 6) is 2.69. The van der Waals surface area contributed by atoms with Crippen molar-refractivity contribution in [2.45, 2.75) is 32.7 Å². The molecule has 1 aromatic heterocycles. The lowest BCUT2D eigenvalue weighted by atomic mass is 9.95. The Morgan fingerprint density at radius 3 is 2.72 bits per heavy atom. The number of pyridine rings is 1. The van der Waals surface area contributed by atoms with Crippen LogP contribution in [0.15, 0.2) is 47.6 Å². The lowest BCUT2D eigenvalue weighted by molar-refractivity contribution is -0.119. The molecule has 0 bridgehead atoms. The maximum absolute atomic E-state index is 11.3. The molecule has 9 heteroatoms. The third-order valence-electron chi connectivity index (χ3n) is 5.13. The third-order valence-corrected chi connectivity index (χ3v) is 5.13. The zero-order chi connectivity index (χ0) is 22.1. The van der Waals surface area contributed by atoms with Crippen molar-refractivity contribution in [1.82, 2.24) is 15.2 Å². The Morgan fingerprint density at radius 2 is 2.06 bits per heavy atom. The van der Waals surface area contributed by atoms with Gasteiger partial charge in [0.15, 0.2) is 17.5 Å². The number of rotatable bonds is 8. The normalized spacial score (nSPS) is 16.1. The lowest BCUT2D eigenvalue weighted by Crippen LogP contribution is -2.46. The molecule has 0 saturated carbocycles. The minimum Gasteiger partial charge on any atom is -0.490 e. The highest BCUT2D eigenvalue weighted by Gasteiger charge is 2.23. The molecule has 1 aliphatic rings. The predicted octanol–water partition coefficient (Wildman–Crippen LogP) is 3.55. The molecule has 1 aliphatic heterocycles. The highest BCUT2D eigenvalue weighted by Crippen LogP contribution is 2.30. The van der Waals surface area contributed by atoms with E-state index in [1.807, 2.05) is 43.3 Å². The first-order chi connectivity index (χ1) is 15.1. The molecule has 8 nitrogen and oxygen atoms in total. The number of primary amides is 1. The number of carbonyl (C=O) groups is 1. The number of benzene rings is 1. The van der Waals surface area contributed by atoms with Gasteiger partial charge in [-0.2, -0.15) is 0 Å². The monoisotopic (exact) mass is 553 g/mol. The largest absolute Gasteiger partial charge is 0.490 e. The number of amides is 1. The fourth-order valence-corrected chi connectivity index (χ4v) is 3.72. The topological polar surface area (TPSA) is 102 Å². The van der Waals surface area contributed by atoms with E-state index in [4.69, 9.17) is 15.2 Å². The molecule has 32 heavy (non-hydrogen) atoms. The van der Waals surface area contributed by atoms with Gasteiger partial charge in [-0.15, -0.1) is 24.0 Å². The number of likely N-dealkylation sites (tertiary alicyclic amines) is 1. The van der Waals surface area contributed by atoms with Gasteiger partial charge in [0.2, 0.25) is 11.8 Å². The molecule has 3 rings (SSSR count). The van der Waals surface area contributed by atoms with Gasteiger partial charge in [0.25, 0.3) is 0 Å². The summed E-state index contributed by atoms with van der Waals surface area (Å²) in [5, 5.41) is 3.38. The average Bonchev–Trinajstić information content (AvgIpc) is 2.77. The van der Waals surface area contributed by atoms with Crippen LogP contribution in [0.3, 0.4) is 0 Å². The van der Waals surface area contributed by atoms with Crippen LogP contribution < -0.4 is 20.5 Å². The number of hydrogen-bond donors (Lipinski definition) is 2. The Hall–Kier alpha value is -2.56. The molecule has 0 aliphatic carbocycles. The zero-order valence-corrected chi connectivity index (χ0v) is 21.0. The fourth-order valence-electron chi connectivity index (χ4n) is 3.72. The van der Waals surface area contributed by atoms with Crippen LogP contribution in [0.1, 0.15) is 31.7 Å². The number of hydrogen-bond acceptors (Lipinski definition) is 5. The first-order valence-electron chi connectivity index (χ1n) is 10.7. The predicted molar refractivity (Wildman–Crippen MR) is 136 cm³/mol. The molecule has 1 aromatic carbocycles. The minimum atomic E-state index is -0.243. The van der Waals surface area contributed by atoms with Crippen molar-refractivity contribution in [2.75, 3.05) is 26.7 Å². The molecule has 1 unspecified atom stereocenters. The van der Waals surface area contributed by atoms with Crippen molar-refractivity contribution in [3.63, 3.8) is 0 Å². The van der Waals surface area contributed by atoms with Crippen molar-refractivity contribution < 1.29 is 14.3 Å². The van der Waals surface area contributed by atoms with Crippen LogP contribution in [0.2, 0.25) is 0 Å². The molecule has 3 N–H and O–H groups in total. The maximum Gasteiger partial charge on any atom is 0.219 e. The molecule has 1 fully saturated rings. The Balaban J connectivity index is 0.00000363. The molecule has 0 radical (unpaired) electrons. The van der Waals surface area contributed by atoms with Crippen LogP contribution in [-0.2, 0) is 11.3 Å². The van der Waals surface area contributed by atoms with Crippen molar-refractivity contribution in [2.24, 2.45) is 16.6 Å². The summed E-state index contributed by atoms with van der Waals surface area (Å²) in [5.41, 5.74) is 6.38. The first-order valence-corrected chi connectivity index (χ1v) is 10.7. The molecular weight excluding hydrogens is 521 g/mol. The molecule has 2 aromatic rings. The molecule has 1 saturated heterocycles. The smallest absolute Gasteiger partial charge is 0.219 e. The van der Waals surface area contributed by atoms with Gasteiger partial charge in [-0.25, -0.2) is 4.98 Å². The van der Waals surface area contributed by atoms with Crippen molar-refractivity contribution >= 4 is 35.8 Å². The van der Waals surface area contributed by atoms with Gasteiger partial charge in [-0.3, -0.25) is 9.79 Å². The van der Waals surface area contributed by atoms with Gasteiger partial charge < -0.3 is 25.4 Å².